The first-order valence-corrected chi connectivity index (χ1v) is 6.80. The van der Waals surface area contributed by atoms with E-state index in [-0.39, 0.29) is 0 Å². The minimum atomic E-state index is -0.877. The molecule has 2 heterocycles. The van der Waals surface area contributed by atoms with E-state index in [4.69, 9.17) is 4.74 Å². The topological polar surface area (TPSA) is 87.6 Å². The SMILES string of the molecule is CCCOc1cc(C)nc(N2CCNCC2C(=O)O)n1. The Morgan fingerprint density at radius 3 is 3.10 bits per heavy atom. The highest BCUT2D eigenvalue weighted by Crippen LogP contribution is 2.18. The van der Waals surface area contributed by atoms with Gasteiger partial charge in [-0.25, -0.2) is 9.78 Å². The van der Waals surface area contributed by atoms with Crippen LogP contribution in [0.4, 0.5) is 5.95 Å². The third kappa shape index (κ3) is 3.36. The summed E-state index contributed by atoms with van der Waals surface area (Å²) in [5.74, 6) is 0.0420. The molecule has 7 nitrogen and oxygen atoms in total. The molecular formula is C13H20N4O3. The number of nitrogens with zero attached hydrogens (tertiary/aromatic N) is 3. The number of aromatic nitrogens is 2. The molecule has 7 heteroatoms. The third-order valence-electron chi connectivity index (χ3n) is 3.06. The highest BCUT2D eigenvalue weighted by molar-refractivity contribution is 5.78. The molecule has 1 unspecified atom stereocenters. The molecular weight excluding hydrogens is 260 g/mol. The maximum atomic E-state index is 11.3. The van der Waals surface area contributed by atoms with Crippen LogP contribution in [0.15, 0.2) is 6.07 Å². The predicted molar refractivity (Wildman–Crippen MR) is 74.2 cm³/mol. The van der Waals surface area contributed by atoms with Crippen LogP contribution in [-0.2, 0) is 4.79 Å². The van der Waals surface area contributed by atoms with Crippen LogP contribution in [0, 0.1) is 6.92 Å². The van der Waals surface area contributed by atoms with Crippen molar-refractivity contribution >= 4 is 11.9 Å². The molecule has 1 aliphatic heterocycles. The fraction of sp³-hybridized carbons (Fsp3) is 0.615. The van der Waals surface area contributed by atoms with Gasteiger partial charge in [0.2, 0.25) is 11.8 Å². The molecule has 1 atom stereocenters. The van der Waals surface area contributed by atoms with Crippen LogP contribution in [0.3, 0.4) is 0 Å². The summed E-state index contributed by atoms with van der Waals surface area (Å²) in [7, 11) is 0. The average molecular weight is 280 g/mol. The number of rotatable bonds is 5. The molecule has 0 bridgehead atoms. The Balaban J connectivity index is 2.25. The standard InChI is InChI=1S/C13H20N4O3/c1-3-6-20-11-7-9(2)15-13(16-11)17-5-4-14-8-10(17)12(18)19/h7,10,14H,3-6,8H2,1-2H3,(H,18,19). The number of nitrogens with one attached hydrogen (secondary N) is 1. The van der Waals surface area contributed by atoms with Crippen molar-refractivity contribution in [3.8, 4) is 5.88 Å². The second-order valence-corrected chi connectivity index (χ2v) is 4.75. The van der Waals surface area contributed by atoms with Crippen LogP contribution < -0.4 is 15.0 Å². The summed E-state index contributed by atoms with van der Waals surface area (Å²) >= 11 is 0. The number of ether oxygens (including phenoxy) is 1. The van der Waals surface area contributed by atoms with Crippen LogP contribution in [0.25, 0.3) is 0 Å². The Morgan fingerprint density at radius 2 is 2.40 bits per heavy atom. The maximum absolute atomic E-state index is 11.3. The molecule has 110 valence electrons. The first-order chi connectivity index (χ1) is 9.61. The highest BCUT2D eigenvalue weighted by atomic mass is 16.5. The zero-order valence-electron chi connectivity index (χ0n) is 11.8. The maximum Gasteiger partial charge on any atom is 0.327 e. The molecule has 1 fully saturated rings. The Bertz CT molecular complexity index is 481. The van der Waals surface area contributed by atoms with Crippen molar-refractivity contribution in [2.75, 3.05) is 31.1 Å². The van der Waals surface area contributed by atoms with Gasteiger partial charge in [0, 0.05) is 31.4 Å². The van der Waals surface area contributed by atoms with E-state index in [2.05, 4.69) is 15.3 Å². The smallest absolute Gasteiger partial charge is 0.327 e. The van der Waals surface area contributed by atoms with Gasteiger partial charge in [-0.05, 0) is 13.3 Å². The molecule has 0 amide bonds. The number of hydrogen-bond donors (Lipinski definition) is 2. The van der Waals surface area contributed by atoms with Crippen molar-refractivity contribution in [3.05, 3.63) is 11.8 Å². The van der Waals surface area contributed by atoms with Gasteiger partial charge in [-0.3, -0.25) is 0 Å². The zero-order valence-corrected chi connectivity index (χ0v) is 11.8. The van der Waals surface area contributed by atoms with Crippen molar-refractivity contribution in [1.82, 2.24) is 15.3 Å². The third-order valence-corrected chi connectivity index (χ3v) is 3.06. The number of piperazine rings is 1. The van der Waals surface area contributed by atoms with Gasteiger partial charge in [-0.1, -0.05) is 6.92 Å². The van der Waals surface area contributed by atoms with Crippen molar-refractivity contribution in [2.24, 2.45) is 0 Å². The van der Waals surface area contributed by atoms with Crippen LogP contribution >= 0.6 is 0 Å². The van der Waals surface area contributed by atoms with Gasteiger partial charge in [0.25, 0.3) is 0 Å². The Morgan fingerprint density at radius 1 is 1.60 bits per heavy atom. The number of aryl methyl sites for hydroxylation is 1. The second kappa shape index (κ2) is 6.51. The largest absolute Gasteiger partial charge is 0.480 e. The van der Waals surface area contributed by atoms with E-state index in [1.807, 2.05) is 13.8 Å². The lowest BCUT2D eigenvalue weighted by Gasteiger charge is -2.33. The Hall–Kier alpha value is -1.89. The molecule has 2 N–H and O–H groups in total. The summed E-state index contributed by atoms with van der Waals surface area (Å²) in [4.78, 5) is 21.7. The minimum absolute atomic E-state index is 0.387. The van der Waals surface area contributed by atoms with Gasteiger partial charge >= 0.3 is 5.97 Å². The van der Waals surface area contributed by atoms with E-state index in [9.17, 15) is 9.90 Å². The lowest BCUT2D eigenvalue weighted by molar-refractivity contribution is -0.138. The average Bonchev–Trinajstić information content (AvgIpc) is 2.44. The van der Waals surface area contributed by atoms with Gasteiger partial charge in [-0.2, -0.15) is 4.98 Å². The van der Waals surface area contributed by atoms with Crippen LogP contribution in [0.2, 0.25) is 0 Å². The van der Waals surface area contributed by atoms with E-state index in [0.29, 0.717) is 38.1 Å². The second-order valence-electron chi connectivity index (χ2n) is 4.75. The lowest BCUT2D eigenvalue weighted by atomic mass is 10.2. The van der Waals surface area contributed by atoms with E-state index in [1.165, 1.54) is 0 Å². The van der Waals surface area contributed by atoms with E-state index in [0.717, 1.165) is 12.1 Å². The Labute approximate surface area is 118 Å². The molecule has 20 heavy (non-hydrogen) atoms. The van der Waals surface area contributed by atoms with E-state index in [1.54, 1.807) is 11.0 Å². The van der Waals surface area contributed by atoms with E-state index >= 15 is 0 Å². The molecule has 0 aromatic carbocycles. The quantitative estimate of drug-likeness (QED) is 0.809. The first-order valence-electron chi connectivity index (χ1n) is 6.80. The molecule has 0 spiro atoms. The van der Waals surface area contributed by atoms with Crippen molar-refractivity contribution in [3.63, 3.8) is 0 Å². The van der Waals surface area contributed by atoms with Gasteiger partial charge in [-0.15, -0.1) is 0 Å². The van der Waals surface area contributed by atoms with Crippen LogP contribution in [-0.4, -0.2) is 53.3 Å². The minimum Gasteiger partial charge on any atom is -0.480 e. The number of carbonyl (C=O) groups is 1. The van der Waals surface area contributed by atoms with Crippen molar-refractivity contribution in [2.45, 2.75) is 26.3 Å². The zero-order chi connectivity index (χ0) is 14.5. The summed E-state index contributed by atoms with van der Waals surface area (Å²) in [6.45, 7) is 6.12. The highest BCUT2D eigenvalue weighted by Gasteiger charge is 2.30. The summed E-state index contributed by atoms with van der Waals surface area (Å²) in [5, 5.41) is 12.4. The van der Waals surface area contributed by atoms with Crippen LogP contribution in [0.5, 0.6) is 5.88 Å². The predicted octanol–water partition coefficient (Wildman–Crippen LogP) is 0.437. The Kier molecular flexibility index (Phi) is 4.73. The fourth-order valence-electron chi connectivity index (χ4n) is 2.10. The number of carboxylic acids is 1. The van der Waals surface area contributed by atoms with Crippen LogP contribution in [0.1, 0.15) is 19.0 Å². The first kappa shape index (κ1) is 14.5. The molecule has 1 aliphatic rings. The molecule has 0 saturated carbocycles. The number of anilines is 1. The number of hydrogen-bond acceptors (Lipinski definition) is 6. The molecule has 0 aliphatic carbocycles. The summed E-state index contributed by atoms with van der Waals surface area (Å²) < 4.78 is 5.52. The fourth-order valence-corrected chi connectivity index (χ4v) is 2.10. The van der Waals surface area contributed by atoms with Crippen molar-refractivity contribution in [1.29, 1.82) is 0 Å². The molecule has 1 aromatic rings. The van der Waals surface area contributed by atoms with Gasteiger partial charge in [0.05, 0.1) is 6.61 Å². The van der Waals surface area contributed by atoms with Crippen molar-refractivity contribution < 1.29 is 14.6 Å². The summed E-state index contributed by atoms with van der Waals surface area (Å²) in [6.07, 6.45) is 0.893. The monoisotopic (exact) mass is 280 g/mol. The van der Waals surface area contributed by atoms with E-state index < -0.39 is 12.0 Å². The summed E-state index contributed by atoms with van der Waals surface area (Å²) in [6, 6.07) is 1.11. The molecule has 1 aromatic heterocycles. The lowest BCUT2D eigenvalue weighted by Crippen LogP contribution is -2.55. The molecule has 2 rings (SSSR count). The van der Waals surface area contributed by atoms with Gasteiger partial charge in [0.1, 0.15) is 6.04 Å². The molecule has 1 saturated heterocycles. The number of aliphatic carboxylic acids is 1. The summed E-state index contributed by atoms with van der Waals surface area (Å²) in [5.41, 5.74) is 0.767. The van der Waals surface area contributed by atoms with Gasteiger partial charge < -0.3 is 20.1 Å². The number of carboxylic acid groups (broad SMARTS) is 1. The molecule has 0 radical (unpaired) electrons. The van der Waals surface area contributed by atoms with Gasteiger partial charge in [0.15, 0.2) is 0 Å². The normalized spacial score (nSPS) is 18.9.